The molecule has 0 radical (unpaired) electrons. The molecule has 4 rings (SSSR count). The van der Waals surface area contributed by atoms with Crippen LogP contribution in [0.3, 0.4) is 0 Å². The fourth-order valence-corrected chi connectivity index (χ4v) is 4.42. The summed E-state index contributed by atoms with van der Waals surface area (Å²) in [7, 11) is 0. The van der Waals surface area contributed by atoms with E-state index in [1.807, 2.05) is 29.2 Å². The highest BCUT2D eigenvalue weighted by atomic mass is 32.1. The molecular weight excluding hydrogens is 378 g/mol. The molecule has 152 valence electrons. The Morgan fingerprint density at radius 2 is 1.76 bits per heavy atom. The Bertz CT molecular complexity index is 956. The summed E-state index contributed by atoms with van der Waals surface area (Å²) >= 11 is 5.78. The molecule has 0 amide bonds. The third-order valence-corrected chi connectivity index (χ3v) is 6.15. The van der Waals surface area contributed by atoms with E-state index in [2.05, 4.69) is 51.7 Å². The van der Waals surface area contributed by atoms with Gasteiger partial charge in [0.2, 0.25) is 0 Å². The molecular formula is C23H29N5S. The van der Waals surface area contributed by atoms with Gasteiger partial charge in [-0.3, -0.25) is 14.5 Å². The van der Waals surface area contributed by atoms with Crippen LogP contribution >= 0.6 is 12.2 Å². The van der Waals surface area contributed by atoms with Gasteiger partial charge in [-0.15, -0.1) is 0 Å². The zero-order chi connectivity index (χ0) is 20.1. The first kappa shape index (κ1) is 20.0. The van der Waals surface area contributed by atoms with E-state index in [0.717, 1.165) is 54.8 Å². The second kappa shape index (κ2) is 9.46. The maximum Gasteiger partial charge on any atom is 0.199 e. The molecule has 0 saturated carbocycles. The second-order valence-electron chi connectivity index (χ2n) is 7.89. The highest BCUT2D eigenvalue weighted by Gasteiger charge is 2.21. The topological polar surface area (TPSA) is 38.9 Å². The Balaban J connectivity index is 1.43. The number of piperidine rings is 1. The number of likely N-dealkylation sites (tertiary alicyclic amines) is 1. The molecule has 0 atom stereocenters. The van der Waals surface area contributed by atoms with Crippen LogP contribution in [0.1, 0.15) is 31.7 Å². The van der Waals surface area contributed by atoms with E-state index in [4.69, 9.17) is 17.3 Å². The number of nitrogens with zero attached hydrogens (tertiary/aromatic N) is 5. The van der Waals surface area contributed by atoms with Crippen molar-refractivity contribution < 1.29 is 0 Å². The largest absolute Gasteiger partial charge is 0.300 e. The van der Waals surface area contributed by atoms with Gasteiger partial charge in [0.25, 0.3) is 0 Å². The molecule has 0 unspecified atom stereocenters. The van der Waals surface area contributed by atoms with Gasteiger partial charge in [0.1, 0.15) is 0 Å². The predicted molar refractivity (Wildman–Crippen MR) is 119 cm³/mol. The van der Waals surface area contributed by atoms with Gasteiger partial charge in [0.05, 0.1) is 6.67 Å². The zero-order valence-electron chi connectivity index (χ0n) is 17.1. The first-order valence-electron chi connectivity index (χ1n) is 10.6. The summed E-state index contributed by atoms with van der Waals surface area (Å²) in [6, 6.07) is 14.9. The molecule has 2 aromatic heterocycles. The minimum Gasteiger partial charge on any atom is -0.300 e. The fourth-order valence-electron chi connectivity index (χ4n) is 4.14. The molecule has 1 saturated heterocycles. The maximum atomic E-state index is 5.78. The summed E-state index contributed by atoms with van der Waals surface area (Å²) in [5, 5.41) is 4.89. The summed E-state index contributed by atoms with van der Waals surface area (Å²) in [5.74, 6) is 1.71. The fraction of sp³-hybridized carbons (Fsp3) is 0.435. The first-order valence-corrected chi connectivity index (χ1v) is 11.0. The molecule has 0 spiro atoms. The van der Waals surface area contributed by atoms with E-state index < -0.39 is 0 Å². The smallest absolute Gasteiger partial charge is 0.199 e. The highest BCUT2D eigenvalue weighted by Crippen LogP contribution is 2.23. The lowest BCUT2D eigenvalue weighted by atomic mass is 9.90. The van der Waals surface area contributed by atoms with Crippen LogP contribution in [0.5, 0.6) is 0 Å². The normalized spacial score (nSPS) is 15.6. The van der Waals surface area contributed by atoms with Gasteiger partial charge in [-0.05, 0) is 61.5 Å². The van der Waals surface area contributed by atoms with Crippen molar-refractivity contribution in [2.75, 3.05) is 13.1 Å². The van der Waals surface area contributed by atoms with Crippen molar-refractivity contribution in [3.63, 3.8) is 0 Å². The minimum absolute atomic E-state index is 0.770. The molecule has 6 heteroatoms. The van der Waals surface area contributed by atoms with Crippen LogP contribution in [0.2, 0.25) is 0 Å². The monoisotopic (exact) mass is 407 g/mol. The third-order valence-electron chi connectivity index (χ3n) is 5.72. The van der Waals surface area contributed by atoms with Crippen LogP contribution < -0.4 is 0 Å². The second-order valence-corrected chi connectivity index (χ2v) is 8.25. The molecule has 0 aliphatic carbocycles. The number of rotatable bonds is 7. The first-order chi connectivity index (χ1) is 14.2. The lowest BCUT2D eigenvalue weighted by molar-refractivity contribution is 0.140. The van der Waals surface area contributed by atoms with Crippen LogP contribution in [0.15, 0.2) is 54.9 Å². The Hall–Kier alpha value is -2.31. The van der Waals surface area contributed by atoms with Gasteiger partial charge < -0.3 is 0 Å². The summed E-state index contributed by atoms with van der Waals surface area (Å²) in [5.41, 5.74) is 2.52. The summed E-state index contributed by atoms with van der Waals surface area (Å²) in [4.78, 5) is 6.61. The van der Waals surface area contributed by atoms with Gasteiger partial charge in [0.15, 0.2) is 10.6 Å². The quantitative estimate of drug-likeness (QED) is 0.528. The number of hydrogen-bond acceptors (Lipinski definition) is 4. The lowest BCUT2D eigenvalue weighted by Crippen LogP contribution is -2.36. The van der Waals surface area contributed by atoms with E-state index in [0.29, 0.717) is 0 Å². The van der Waals surface area contributed by atoms with Crippen LogP contribution in [-0.2, 0) is 19.6 Å². The van der Waals surface area contributed by atoms with E-state index in [1.165, 1.54) is 24.8 Å². The lowest BCUT2D eigenvalue weighted by Gasteiger charge is -2.31. The Morgan fingerprint density at radius 1 is 1.03 bits per heavy atom. The molecule has 1 aliphatic rings. The molecule has 1 aliphatic heterocycles. The molecule has 29 heavy (non-hydrogen) atoms. The Labute approximate surface area is 178 Å². The van der Waals surface area contributed by atoms with Crippen molar-refractivity contribution in [1.82, 2.24) is 24.2 Å². The molecule has 0 bridgehead atoms. The Kier molecular flexibility index (Phi) is 6.52. The van der Waals surface area contributed by atoms with Crippen LogP contribution in [0.4, 0.5) is 0 Å². The van der Waals surface area contributed by atoms with Crippen molar-refractivity contribution in [3.05, 3.63) is 65.2 Å². The Morgan fingerprint density at radius 3 is 2.45 bits per heavy atom. The molecule has 3 aromatic rings. The zero-order valence-corrected chi connectivity index (χ0v) is 17.9. The van der Waals surface area contributed by atoms with Crippen molar-refractivity contribution in [2.24, 2.45) is 5.92 Å². The number of benzene rings is 1. The predicted octanol–water partition coefficient (Wildman–Crippen LogP) is 4.80. The molecule has 1 fully saturated rings. The van der Waals surface area contributed by atoms with Gasteiger partial charge in [0, 0.05) is 37.6 Å². The number of aromatic nitrogens is 4. The van der Waals surface area contributed by atoms with Crippen molar-refractivity contribution >= 4 is 12.2 Å². The summed E-state index contributed by atoms with van der Waals surface area (Å²) in [6.07, 6.45) is 8.30. The standard InChI is InChI=1S/C23H29N5S/c1-2-14-27-22(21-8-12-24-13-9-21)25-28(23(27)29)18-26-15-10-20(11-16-26)17-19-6-4-3-5-7-19/h3-9,12-13,20H,2,10-11,14-18H2,1H3. The molecule has 1 aromatic carbocycles. The van der Waals surface area contributed by atoms with E-state index in [9.17, 15) is 0 Å². The van der Waals surface area contributed by atoms with E-state index in [1.54, 1.807) is 0 Å². The number of pyridine rings is 1. The molecule has 3 heterocycles. The highest BCUT2D eigenvalue weighted by molar-refractivity contribution is 7.71. The van der Waals surface area contributed by atoms with Crippen molar-refractivity contribution in [1.29, 1.82) is 0 Å². The molecule has 0 N–H and O–H groups in total. The average Bonchev–Trinajstić information content (AvgIpc) is 3.07. The van der Waals surface area contributed by atoms with Crippen molar-refractivity contribution in [3.8, 4) is 11.4 Å². The SMILES string of the molecule is CCCn1c(-c2ccncc2)nn(CN2CCC(Cc3ccccc3)CC2)c1=S. The van der Waals surface area contributed by atoms with Gasteiger partial charge >= 0.3 is 0 Å². The molecule has 5 nitrogen and oxygen atoms in total. The van der Waals surface area contributed by atoms with Gasteiger partial charge in [-0.2, -0.15) is 5.10 Å². The van der Waals surface area contributed by atoms with Crippen LogP contribution in [0, 0.1) is 10.7 Å². The van der Waals surface area contributed by atoms with Crippen LogP contribution in [-0.4, -0.2) is 37.3 Å². The maximum absolute atomic E-state index is 5.78. The van der Waals surface area contributed by atoms with Crippen LogP contribution in [0.25, 0.3) is 11.4 Å². The van der Waals surface area contributed by atoms with Gasteiger partial charge in [-0.25, -0.2) is 4.68 Å². The van der Waals surface area contributed by atoms with E-state index in [-0.39, 0.29) is 0 Å². The number of hydrogen-bond donors (Lipinski definition) is 0. The minimum atomic E-state index is 0.770. The van der Waals surface area contributed by atoms with Gasteiger partial charge in [-0.1, -0.05) is 37.3 Å². The average molecular weight is 408 g/mol. The van der Waals surface area contributed by atoms with Crippen molar-refractivity contribution in [2.45, 2.75) is 45.8 Å². The summed E-state index contributed by atoms with van der Waals surface area (Å²) in [6.45, 7) is 6.03. The summed E-state index contributed by atoms with van der Waals surface area (Å²) < 4.78 is 4.97. The van der Waals surface area contributed by atoms with E-state index >= 15 is 0 Å². The third kappa shape index (κ3) is 4.82.